The van der Waals surface area contributed by atoms with Gasteiger partial charge in [-0.25, -0.2) is 0 Å². The van der Waals surface area contributed by atoms with Gasteiger partial charge in [0.15, 0.2) is 0 Å². The lowest BCUT2D eigenvalue weighted by molar-refractivity contribution is -0.147. The summed E-state index contributed by atoms with van der Waals surface area (Å²) >= 11 is 0. The van der Waals surface area contributed by atoms with E-state index in [1.807, 2.05) is 4.90 Å². The maximum Gasteiger partial charge on any atom is 0.401 e. The van der Waals surface area contributed by atoms with Gasteiger partial charge in [-0.1, -0.05) is 6.92 Å². The Bertz CT molecular complexity index is 389. The van der Waals surface area contributed by atoms with E-state index in [2.05, 4.69) is 0 Å². The minimum atomic E-state index is -4.16. The van der Waals surface area contributed by atoms with Crippen molar-refractivity contribution in [2.24, 2.45) is 17.6 Å². The van der Waals surface area contributed by atoms with Gasteiger partial charge in [-0.3, -0.25) is 9.69 Å². The molecule has 1 amide bonds. The second kappa shape index (κ2) is 7.17. The number of hydrogen-bond acceptors (Lipinski definition) is 3. The Morgan fingerprint density at radius 2 is 2.05 bits per heavy atom. The summed E-state index contributed by atoms with van der Waals surface area (Å²) in [4.78, 5) is 15.6. The van der Waals surface area contributed by atoms with Crippen LogP contribution in [0.15, 0.2) is 0 Å². The maximum atomic E-state index is 12.5. The number of carbonyl (C=O) groups is 1. The third-order valence-corrected chi connectivity index (χ3v) is 4.79. The molecule has 0 aromatic carbocycles. The van der Waals surface area contributed by atoms with Crippen LogP contribution in [-0.2, 0) is 4.79 Å². The monoisotopic (exact) mass is 321 g/mol. The third kappa shape index (κ3) is 4.84. The zero-order valence-electron chi connectivity index (χ0n) is 13.1. The van der Waals surface area contributed by atoms with Gasteiger partial charge in [-0.05, 0) is 38.1 Å². The van der Waals surface area contributed by atoms with E-state index in [9.17, 15) is 18.0 Å². The molecule has 128 valence electrons. The molecule has 1 saturated carbocycles. The summed E-state index contributed by atoms with van der Waals surface area (Å²) in [6.45, 7) is 2.90. The van der Waals surface area contributed by atoms with Gasteiger partial charge < -0.3 is 10.6 Å². The molecule has 1 heterocycles. The van der Waals surface area contributed by atoms with E-state index < -0.39 is 12.7 Å². The highest BCUT2D eigenvalue weighted by Crippen LogP contribution is 2.29. The third-order valence-electron chi connectivity index (χ3n) is 4.79. The van der Waals surface area contributed by atoms with Gasteiger partial charge in [0.1, 0.15) is 0 Å². The molecular weight excluding hydrogens is 295 g/mol. The number of nitrogens with two attached hydrogens (primary N) is 1. The number of carbonyl (C=O) groups excluding carboxylic acids is 1. The molecule has 2 aliphatic rings. The summed E-state index contributed by atoms with van der Waals surface area (Å²) in [5.41, 5.74) is 5.85. The average molecular weight is 321 g/mol. The predicted octanol–water partition coefficient (Wildman–Crippen LogP) is 1.85. The Hall–Kier alpha value is -0.820. The first kappa shape index (κ1) is 17.5. The number of rotatable bonds is 5. The fourth-order valence-corrected chi connectivity index (χ4v) is 3.60. The molecule has 0 spiro atoms. The van der Waals surface area contributed by atoms with Gasteiger partial charge in [0.2, 0.25) is 5.91 Å². The molecule has 2 N–H and O–H groups in total. The van der Waals surface area contributed by atoms with Crippen LogP contribution < -0.4 is 5.73 Å². The van der Waals surface area contributed by atoms with Crippen molar-refractivity contribution in [2.75, 3.05) is 32.7 Å². The molecule has 3 atom stereocenters. The van der Waals surface area contributed by atoms with Gasteiger partial charge in [-0.15, -0.1) is 0 Å². The van der Waals surface area contributed by atoms with Crippen molar-refractivity contribution in [1.82, 2.24) is 9.80 Å². The number of alkyl halides is 3. The van der Waals surface area contributed by atoms with Crippen LogP contribution in [0.3, 0.4) is 0 Å². The van der Waals surface area contributed by atoms with Crippen molar-refractivity contribution in [2.45, 2.75) is 44.8 Å². The van der Waals surface area contributed by atoms with Gasteiger partial charge in [-0.2, -0.15) is 13.2 Å². The maximum absolute atomic E-state index is 12.5. The normalized spacial score (nSPS) is 29.5. The Balaban J connectivity index is 1.80. The molecule has 4 nitrogen and oxygen atoms in total. The van der Waals surface area contributed by atoms with Gasteiger partial charge in [0.25, 0.3) is 0 Å². The van der Waals surface area contributed by atoms with Crippen LogP contribution in [0.5, 0.6) is 0 Å². The molecule has 0 radical (unpaired) electrons. The summed E-state index contributed by atoms with van der Waals surface area (Å²) in [5, 5.41) is 0. The predicted molar refractivity (Wildman–Crippen MR) is 78.2 cm³/mol. The summed E-state index contributed by atoms with van der Waals surface area (Å²) in [5.74, 6) is 0.307. The molecule has 22 heavy (non-hydrogen) atoms. The second-order valence-electron chi connectivity index (χ2n) is 6.65. The van der Waals surface area contributed by atoms with Crippen molar-refractivity contribution in [1.29, 1.82) is 0 Å². The Kier molecular flexibility index (Phi) is 5.71. The molecule has 2 fully saturated rings. The number of amides is 1. The largest absolute Gasteiger partial charge is 0.401 e. The summed E-state index contributed by atoms with van der Waals surface area (Å²) in [6, 6.07) is 0.120. The van der Waals surface area contributed by atoms with Crippen molar-refractivity contribution >= 4 is 5.91 Å². The molecule has 0 aromatic rings. The minimum absolute atomic E-state index is 0.0196. The van der Waals surface area contributed by atoms with Gasteiger partial charge in [0.05, 0.1) is 6.54 Å². The lowest BCUT2D eigenvalue weighted by Gasteiger charge is -2.25. The number of halogens is 3. The van der Waals surface area contributed by atoms with Crippen molar-refractivity contribution in [3.05, 3.63) is 0 Å². The van der Waals surface area contributed by atoms with E-state index >= 15 is 0 Å². The molecule has 3 unspecified atom stereocenters. The van der Waals surface area contributed by atoms with Crippen LogP contribution in [0.2, 0.25) is 0 Å². The molecule has 0 aromatic heterocycles. The molecule has 0 bridgehead atoms. The molecule has 1 saturated heterocycles. The Morgan fingerprint density at radius 1 is 1.32 bits per heavy atom. The van der Waals surface area contributed by atoms with Crippen LogP contribution in [0.1, 0.15) is 32.6 Å². The van der Waals surface area contributed by atoms with Gasteiger partial charge >= 0.3 is 6.18 Å². The summed E-state index contributed by atoms with van der Waals surface area (Å²) < 4.78 is 37.5. The van der Waals surface area contributed by atoms with Gasteiger partial charge in [0, 0.05) is 31.6 Å². The van der Waals surface area contributed by atoms with Crippen molar-refractivity contribution < 1.29 is 18.0 Å². The first-order chi connectivity index (χ1) is 10.3. The molecule has 2 rings (SSSR count). The van der Waals surface area contributed by atoms with Crippen molar-refractivity contribution in [3.8, 4) is 0 Å². The average Bonchev–Trinajstić information content (AvgIpc) is 3.05. The molecular formula is C15H26F3N3O. The van der Waals surface area contributed by atoms with E-state index in [1.165, 1.54) is 4.90 Å². The van der Waals surface area contributed by atoms with E-state index in [4.69, 9.17) is 5.73 Å². The summed E-state index contributed by atoms with van der Waals surface area (Å²) in [7, 11) is 0. The highest BCUT2D eigenvalue weighted by atomic mass is 19.4. The lowest BCUT2D eigenvalue weighted by atomic mass is 10.1. The first-order valence-electron chi connectivity index (χ1n) is 8.12. The van der Waals surface area contributed by atoms with Crippen LogP contribution >= 0.6 is 0 Å². The quantitative estimate of drug-likeness (QED) is 0.841. The lowest BCUT2D eigenvalue weighted by Crippen LogP contribution is -2.39. The van der Waals surface area contributed by atoms with E-state index in [0.717, 1.165) is 25.7 Å². The van der Waals surface area contributed by atoms with Crippen LogP contribution in [0.4, 0.5) is 13.2 Å². The van der Waals surface area contributed by atoms with E-state index in [0.29, 0.717) is 26.2 Å². The van der Waals surface area contributed by atoms with E-state index in [-0.39, 0.29) is 23.8 Å². The topological polar surface area (TPSA) is 49.6 Å². The fourth-order valence-electron chi connectivity index (χ4n) is 3.60. The van der Waals surface area contributed by atoms with E-state index in [1.54, 1.807) is 6.92 Å². The van der Waals surface area contributed by atoms with Crippen LogP contribution in [0.25, 0.3) is 0 Å². The number of nitrogens with zero attached hydrogens (tertiary/aromatic N) is 2. The Labute approximate surface area is 129 Å². The van der Waals surface area contributed by atoms with Crippen LogP contribution in [0, 0.1) is 11.8 Å². The number of hydrogen-bond donors (Lipinski definition) is 1. The zero-order chi connectivity index (χ0) is 16.3. The fraction of sp³-hybridized carbons (Fsp3) is 0.933. The molecule has 7 heteroatoms. The SMILES string of the molecule is CCN(CC1CCN(C(=O)C2CCC(N)C2)C1)CC(F)(F)F. The highest BCUT2D eigenvalue weighted by molar-refractivity contribution is 5.79. The molecule has 1 aliphatic heterocycles. The molecule has 1 aliphatic carbocycles. The van der Waals surface area contributed by atoms with Crippen molar-refractivity contribution in [3.63, 3.8) is 0 Å². The zero-order valence-corrected chi connectivity index (χ0v) is 13.1. The highest BCUT2D eigenvalue weighted by Gasteiger charge is 2.36. The second-order valence-corrected chi connectivity index (χ2v) is 6.65. The van der Waals surface area contributed by atoms with Crippen LogP contribution in [-0.4, -0.2) is 60.6 Å². The summed E-state index contributed by atoms with van der Waals surface area (Å²) in [6.07, 6.45) is -0.892. The number of likely N-dealkylation sites (tertiary alicyclic amines) is 1. The smallest absolute Gasteiger partial charge is 0.342 e. The first-order valence-corrected chi connectivity index (χ1v) is 8.12. The Morgan fingerprint density at radius 3 is 2.59 bits per heavy atom. The standard InChI is InChI=1S/C15H26F3N3O/c1-2-20(10-15(16,17)18)8-11-5-6-21(9-11)14(22)12-3-4-13(19)7-12/h11-13H,2-10,19H2,1H3. The minimum Gasteiger partial charge on any atom is -0.342 e.